The van der Waals surface area contributed by atoms with Crippen molar-refractivity contribution in [1.82, 2.24) is 29.7 Å². The molecule has 0 radical (unpaired) electrons. The minimum Gasteiger partial charge on any atom is -0.490 e. The average Bonchev–Trinajstić information content (AvgIpc) is 3.56. The van der Waals surface area contributed by atoms with Crippen LogP contribution in [0.4, 0.5) is 10.2 Å². The van der Waals surface area contributed by atoms with Crippen molar-refractivity contribution >= 4 is 11.7 Å². The third-order valence-electron chi connectivity index (χ3n) is 10.3. The van der Waals surface area contributed by atoms with Crippen LogP contribution in [0.15, 0.2) is 43.0 Å². The molecule has 4 aliphatic rings. The fraction of sp³-hybridized carbons (Fsp3) is 0.556. The first-order chi connectivity index (χ1) is 22.8. The first-order valence-electron chi connectivity index (χ1n) is 17.2. The molecule has 5 heterocycles. The summed E-state index contributed by atoms with van der Waals surface area (Å²) >= 11 is 0. The highest BCUT2D eigenvalue weighted by molar-refractivity contribution is 5.97. The zero-order valence-corrected chi connectivity index (χ0v) is 27.8. The Morgan fingerprint density at radius 2 is 1.83 bits per heavy atom. The smallest absolute Gasteiger partial charge is 0.257 e. The van der Waals surface area contributed by atoms with Gasteiger partial charge in [-0.15, -0.1) is 0 Å². The van der Waals surface area contributed by atoms with Crippen molar-refractivity contribution in [1.29, 1.82) is 0 Å². The number of benzene rings is 1. The van der Waals surface area contributed by atoms with Gasteiger partial charge in [0.2, 0.25) is 0 Å². The van der Waals surface area contributed by atoms with Crippen molar-refractivity contribution in [3.8, 4) is 17.2 Å². The van der Waals surface area contributed by atoms with Gasteiger partial charge >= 0.3 is 0 Å². The van der Waals surface area contributed by atoms with Crippen LogP contribution in [0.1, 0.15) is 68.1 Å². The van der Waals surface area contributed by atoms with E-state index in [2.05, 4.69) is 24.7 Å². The van der Waals surface area contributed by atoms with E-state index in [0.29, 0.717) is 18.1 Å². The van der Waals surface area contributed by atoms with Crippen LogP contribution in [-0.2, 0) is 13.0 Å². The highest BCUT2D eigenvalue weighted by Gasteiger charge is 2.54. The number of fused-ring (bicyclic) bond motifs is 1. The molecule has 2 saturated heterocycles. The Balaban J connectivity index is 0.970. The molecule has 47 heavy (non-hydrogen) atoms. The second kappa shape index (κ2) is 13.4. The number of nitrogens with zero attached hydrogens (tertiary/aromatic N) is 7. The van der Waals surface area contributed by atoms with E-state index in [1.165, 1.54) is 61.7 Å². The van der Waals surface area contributed by atoms with Crippen molar-refractivity contribution in [2.45, 2.75) is 71.6 Å². The predicted molar refractivity (Wildman–Crippen MR) is 178 cm³/mol. The van der Waals surface area contributed by atoms with Gasteiger partial charge in [-0.05, 0) is 83.8 Å². The summed E-state index contributed by atoms with van der Waals surface area (Å²) in [5.74, 6) is 1.63. The number of carbonyl (C=O) groups is 1. The van der Waals surface area contributed by atoms with E-state index in [9.17, 15) is 9.18 Å². The van der Waals surface area contributed by atoms with Gasteiger partial charge in [-0.3, -0.25) is 14.7 Å². The highest BCUT2D eigenvalue weighted by Crippen LogP contribution is 2.52. The van der Waals surface area contributed by atoms with Crippen LogP contribution < -0.4 is 14.4 Å². The van der Waals surface area contributed by atoms with Crippen LogP contribution in [0.2, 0.25) is 0 Å². The summed E-state index contributed by atoms with van der Waals surface area (Å²) < 4.78 is 27.2. The Hall–Kier alpha value is -3.83. The third-order valence-corrected chi connectivity index (χ3v) is 10.3. The van der Waals surface area contributed by atoms with Gasteiger partial charge in [-0.2, -0.15) is 0 Å². The normalized spacial score (nSPS) is 19.4. The largest absolute Gasteiger partial charge is 0.490 e. The Morgan fingerprint density at radius 3 is 2.60 bits per heavy atom. The maximum Gasteiger partial charge on any atom is 0.257 e. The number of carbonyl (C=O) groups excluding carboxylic acids is 1. The molecule has 3 aromatic rings. The molecule has 3 fully saturated rings. The summed E-state index contributed by atoms with van der Waals surface area (Å²) in [6, 6.07) is 6.06. The van der Waals surface area contributed by atoms with E-state index >= 15 is 0 Å². The number of amides is 1. The Labute approximate surface area is 276 Å². The first kappa shape index (κ1) is 31.8. The molecule has 3 aliphatic heterocycles. The summed E-state index contributed by atoms with van der Waals surface area (Å²) in [5, 5.41) is 0. The fourth-order valence-corrected chi connectivity index (χ4v) is 7.79. The molecule has 2 aromatic heterocycles. The summed E-state index contributed by atoms with van der Waals surface area (Å²) in [6.45, 7) is 14.6. The van der Waals surface area contributed by atoms with Gasteiger partial charge in [0.15, 0.2) is 11.6 Å². The van der Waals surface area contributed by atoms with Crippen LogP contribution in [0.3, 0.4) is 0 Å². The molecule has 1 saturated carbocycles. The lowest BCUT2D eigenvalue weighted by Crippen LogP contribution is -2.65. The van der Waals surface area contributed by atoms with E-state index in [0.717, 1.165) is 64.3 Å². The quantitative estimate of drug-likeness (QED) is 0.281. The number of halogens is 1. The van der Waals surface area contributed by atoms with E-state index < -0.39 is 5.82 Å². The number of rotatable bonds is 11. The zero-order valence-electron chi connectivity index (χ0n) is 27.8. The monoisotopic (exact) mass is 643 g/mol. The molecule has 250 valence electrons. The Morgan fingerprint density at radius 1 is 1.04 bits per heavy atom. The van der Waals surface area contributed by atoms with Gasteiger partial charge in [-0.1, -0.05) is 0 Å². The fourth-order valence-electron chi connectivity index (χ4n) is 7.79. The molecule has 0 N–H and O–H groups in total. The molecule has 11 heteroatoms. The maximum absolute atomic E-state index is 14.3. The third kappa shape index (κ3) is 6.65. The highest BCUT2D eigenvalue weighted by atomic mass is 19.1. The second-order valence-corrected chi connectivity index (χ2v) is 14.0. The van der Waals surface area contributed by atoms with Gasteiger partial charge in [0.05, 0.1) is 11.8 Å². The van der Waals surface area contributed by atoms with Crippen LogP contribution in [0, 0.1) is 11.2 Å². The van der Waals surface area contributed by atoms with Gasteiger partial charge in [-0.25, -0.2) is 14.4 Å². The molecule has 1 spiro atoms. The van der Waals surface area contributed by atoms with Crippen molar-refractivity contribution in [2.24, 2.45) is 5.41 Å². The van der Waals surface area contributed by atoms with Crippen molar-refractivity contribution in [2.75, 3.05) is 57.3 Å². The van der Waals surface area contributed by atoms with Crippen molar-refractivity contribution in [3.63, 3.8) is 0 Å². The number of hydrogen-bond acceptors (Lipinski definition) is 9. The standard InChI is InChI=1S/C36H46FN7O3/c1-4-44(25(2)3)35(45)28-17-26(37)7-8-31(28)47-33-20-38-24-40-34(33)43-22-36(23-43)18-27(19-36)46-32-9-11-39-30-10-14-42(21-29(30)32)16-15-41-12-5-6-13-41/h7-9,11,17,20,24-25,27H,4-6,10,12-16,18-19,21-23H2,1-3H3. The SMILES string of the molecule is CCN(C(=O)c1cc(F)ccc1Oc1cncnc1N1CC2(CC(Oc3ccnc4c3CN(CCN3CCCC3)CC4)C2)C1)C(C)C. The topological polar surface area (TPSA) is 87.2 Å². The van der Waals surface area contributed by atoms with Gasteiger partial charge in [0, 0.05) is 81.1 Å². The number of aromatic nitrogens is 3. The lowest BCUT2D eigenvalue weighted by molar-refractivity contribution is -0.0352. The molecular weight excluding hydrogens is 597 g/mol. The minimum absolute atomic E-state index is 0.0323. The average molecular weight is 644 g/mol. The minimum atomic E-state index is -0.487. The number of anilines is 1. The van der Waals surface area contributed by atoms with E-state index in [4.69, 9.17) is 14.5 Å². The maximum atomic E-state index is 14.3. The lowest BCUT2D eigenvalue weighted by atomic mass is 9.61. The lowest BCUT2D eigenvalue weighted by Gasteiger charge is -2.59. The van der Waals surface area contributed by atoms with Gasteiger partial charge in [0.25, 0.3) is 5.91 Å². The molecule has 1 aromatic carbocycles. The summed E-state index contributed by atoms with van der Waals surface area (Å²) in [6.07, 6.45) is 10.8. The van der Waals surface area contributed by atoms with Gasteiger partial charge < -0.3 is 24.2 Å². The van der Waals surface area contributed by atoms with Crippen LogP contribution in [0.5, 0.6) is 17.2 Å². The summed E-state index contributed by atoms with van der Waals surface area (Å²) in [4.78, 5) is 35.8. The molecule has 0 bridgehead atoms. The number of pyridine rings is 1. The first-order valence-corrected chi connectivity index (χ1v) is 17.2. The zero-order chi connectivity index (χ0) is 32.5. The number of ether oxygens (including phenoxy) is 2. The molecule has 1 aliphatic carbocycles. The molecular formula is C36H46FN7O3. The molecule has 0 atom stereocenters. The van der Waals surface area contributed by atoms with E-state index in [1.807, 2.05) is 33.0 Å². The van der Waals surface area contributed by atoms with Crippen molar-refractivity contribution in [3.05, 3.63) is 65.6 Å². The number of hydrogen-bond donors (Lipinski definition) is 0. The van der Waals surface area contributed by atoms with Crippen LogP contribution in [0.25, 0.3) is 0 Å². The predicted octanol–water partition coefficient (Wildman–Crippen LogP) is 5.18. The Bertz CT molecular complexity index is 1580. The molecule has 7 rings (SSSR count). The van der Waals surface area contributed by atoms with E-state index in [1.54, 1.807) is 11.1 Å². The number of likely N-dealkylation sites (tertiary alicyclic amines) is 1. The molecule has 0 unspecified atom stereocenters. The van der Waals surface area contributed by atoms with E-state index in [-0.39, 0.29) is 34.8 Å². The summed E-state index contributed by atoms with van der Waals surface area (Å²) in [5.41, 5.74) is 2.80. The Kier molecular flexibility index (Phi) is 9.02. The second-order valence-electron chi connectivity index (χ2n) is 14.0. The summed E-state index contributed by atoms with van der Waals surface area (Å²) in [7, 11) is 0. The van der Waals surface area contributed by atoms with Crippen LogP contribution >= 0.6 is 0 Å². The van der Waals surface area contributed by atoms with Crippen molar-refractivity contribution < 1.29 is 18.7 Å². The van der Waals surface area contributed by atoms with Gasteiger partial charge in [0.1, 0.15) is 29.7 Å². The molecule has 10 nitrogen and oxygen atoms in total. The van der Waals surface area contributed by atoms with Crippen LogP contribution in [-0.4, -0.2) is 100 Å². The molecule has 1 amide bonds.